The maximum atomic E-state index is 11.9. The first-order valence-corrected chi connectivity index (χ1v) is 8.24. The van der Waals surface area contributed by atoms with Gasteiger partial charge in [0.25, 0.3) is 0 Å². The molecule has 0 heterocycles. The fraction of sp³-hybridized carbons (Fsp3) is 0.588. The maximum Gasteiger partial charge on any atom is 0.246 e. The van der Waals surface area contributed by atoms with Crippen LogP contribution >= 0.6 is 11.6 Å². The topological polar surface area (TPSA) is 41.6 Å². The second-order valence-corrected chi connectivity index (χ2v) is 6.49. The summed E-state index contributed by atoms with van der Waals surface area (Å²) in [7, 11) is 4.00. The summed E-state index contributed by atoms with van der Waals surface area (Å²) in [5, 5.41) is 3.68. The Balaban J connectivity index is 1.80. The summed E-state index contributed by atoms with van der Waals surface area (Å²) < 4.78 is 5.64. The second kappa shape index (κ2) is 8.51. The number of benzene rings is 1. The molecule has 0 aromatic heterocycles. The summed E-state index contributed by atoms with van der Waals surface area (Å²) in [4.78, 5) is 14.0. The third-order valence-corrected chi connectivity index (χ3v) is 4.38. The first-order chi connectivity index (χ1) is 10.6. The predicted octanol–water partition coefficient (Wildman–Crippen LogP) is 3.02. The largest absolute Gasteiger partial charge is 0.368 e. The van der Waals surface area contributed by atoms with E-state index in [9.17, 15) is 4.79 Å². The van der Waals surface area contributed by atoms with Crippen molar-refractivity contribution in [2.24, 2.45) is 0 Å². The smallest absolute Gasteiger partial charge is 0.246 e. The zero-order valence-corrected chi connectivity index (χ0v) is 14.1. The lowest BCUT2D eigenvalue weighted by atomic mass is 10.1. The van der Waals surface area contributed by atoms with Crippen molar-refractivity contribution in [1.29, 1.82) is 0 Å². The maximum absolute atomic E-state index is 11.9. The number of rotatable bonds is 7. The van der Waals surface area contributed by atoms with E-state index in [1.54, 1.807) is 0 Å². The van der Waals surface area contributed by atoms with Crippen LogP contribution in [0.5, 0.6) is 0 Å². The number of halogens is 1. The van der Waals surface area contributed by atoms with E-state index in [1.165, 1.54) is 12.8 Å². The van der Waals surface area contributed by atoms with E-state index in [0.29, 0.717) is 6.54 Å². The molecule has 22 heavy (non-hydrogen) atoms. The van der Waals surface area contributed by atoms with Crippen LogP contribution in [0.2, 0.25) is 5.02 Å². The zero-order chi connectivity index (χ0) is 15.9. The van der Waals surface area contributed by atoms with Gasteiger partial charge in [0.1, 0.15) is 6.61 Å². The fourth-order valence-corrected chi connectivity index (χ4v) is 2.92. The Morgan fingerprint density at radius 3 is 2.55 bits per heavy atom. The van der Waals surface area contributed by atoms with Gasteiger partial charge in [-0.05, 0) is 44.6 Å². The molecule has 1 aliphatic rings. The van der Waals surface area contributed by atoms with Crippen molar-refractivity contribution in [2.45, 2.75) is 37.8 Å². The molecule has 1 amide bonds. The number of hydrogen-bond donors (Lipinski definition) is 1. The third kappa shape index (κ3) is 5.27. The van der Waals surface area contributed by atoms with Crippen LogP contribution in [0.1, 0.15) is 37.3 Å². The average Bonchev–Trinajstić information content (AvgIpc) is 3.00. The molecule has 4 nitrogen and oxygen atoms in total. The minimum absolute atomic E-state index is 0.0484. The summed E-state index contributed by atoms with van der Waals surface area (Å²) in [5.74, 6) is -0.0484. The number of amides is 1. The van der Waals surface area contributed by atoms with Crippen LogP contribution in [0.15, 0.2) is 24.3 Å². The molecule has 0 aliphatic heterocycles. The van der Waals surface area contributed by atoms with Gasteiger partial charge in [-0.25, -0.2) is 0 Å². The average molecular weight is 325 g/mol. The SMILES string of the molecule is CN(C)[C@@H](CNC(=O)COC1CCCC1)c1ccc(Cl)cc1. The minimum atomic E-state index is -0.0484. The van der Waals surface area contributed by atoms with E-state index in [4.69, 9.17) is 16.3 Å². The van der Waals surface area contributed by atoms with Gasteiger partial charge in [-0.15, -0.1) is 0 Å². The second-order valence-electron chi connectivity index (χ2n) is 6.05. The fourth-order valence-electron chi connectivity index (χ4n) is 2.79. The Morgan fingerprint density at radius 1 is 1.32 bits per heavy atom. The summed E-state index contributed by atoms with van der Waals surface area (Å²) >= 11 is 5.93. The lowest BCUT2D eigenvalue weighted by Gasteiger charge is -2.25. The molecule has 0 unspecified atom stereocenters. The van der Waals surface area contributed by atoms with Crippen molar-refractivity contribution in [2.75, 3.05) is 27.2 Å². The monoisotopic (exact) mass is 324 g/mol. The van der Waals surface area contributed by atoms with Crippen LogP contribution in [0.3, 0.4) is 0 Å². The molecule has 1 atom stereocenters. The van der Waals surface area contributed by atoms with Crippen molar-refractivity contribution in [1.82, 2.24) is 10.2 Å². The van der Waals surface area contributed by atoms with E-state index < -0.39 is 0 Å². The van der Waals surface area contributed by atoms with E-state index >= 15 is 0 Å². The quantitative estimate of drug-likeness (QED) is 0.838. The van der Waals surface area contributed by atoms with E-state index in [2.05, 4.69) is 10.2 Å². The number of likely N-dealkylation sites (N-methyl/N-ethyl adjacent to an activating group) is 1. The number of nitrogens with zero attached hydrogens (tertiary/aromatic N) is 1. The van der Waals surface area contributed by atoms with Crippen LogP contribution in [0.25, 0.3) is 0 Å². The van der Waals surface area contributed by atoms with Crippen molar-refractivity contribution in [3.63, 3.8) is 0 Å². The Hall–Kier alpha value is -1.10. The van der Waals surface area contributed by atoms with Crippen molar-refractivity contribution in [3.8, 4) is 0 Å². The lowest BCUT2D eigenvalue weighted by Crippen LogP contribution is -2.36. The number of carbonyl (C=O) groups is 1. The van der Waals surface area contributed by atoms with Gasteiger partial charge in [0.05, 0.1) is 12.1 Å². The van der Waals surface area contributed by atoms with Gasteiger partial charge in [0, 0.05) is 11.6 Å². The van der Waals surface area contributed by atoms with Gasteiger partial charge in [-0.1, -0.05) is 36.6 Å². The van der Waals surface area contributed by atoms with Crippen LogP contribution in [-0.4, -0.2) is 44.2 Å². The molecule has 5 heteroatoms. The molecule has 0 radical (unpaired) electrons. The molecule has 0 bridgehead atoms. The number of hydrogen-bond acceptors (Lipinski definition) is 3. The highest BCUT2D eigenvalue weighted by atomic mass is 35.5. The van der Waals surface area contributed by atoms with Gasteiger partial charge < -0.3 is 15.0 Å². The first-order valence-electron chi connectivity index (χ1n) is 7.86. The summed E-state index contributed by atoms with van der Waals surface area (Å²) in [6.45, 7) is 0.715. The van der Waals surface area contributed by atoms with E-state index in [0.717, 1.165) is 23.4 Å². The van der Waals surface area contributed by atoms with Crippen molar-refractivity contribution in [3.05, 3.63) is 34.9 Å². The summed E-state index contributed by atoms with van der Waals surface area (Å²) in [6.07, 6.45) is 4.86. The predicted molar refractivity (Wildman–Crippen MR) is 89.1 cm³/mol. The summed E-state index contributed by atoms with van der Waals surface area (Å²) in [6, 6.07) is 7.85. The molecule has 1 aromatic carbocycles. The molecule has 1 aromatic rings. The third-order valence-electron chi connectivity index (χ3n) is 4.12. The lowest BCUT2D eigenvalue weighted by molar-refractivity contribution is -0.127. The van der Waals surface area contributed by atoms with Crippen LogP contribution < -0.4 is 5.32 Å². The Kier molecular flexibility index (Phi) is 6.68. The minimum Gasteiger partial charge on any atom is -0.368 e. The Morgan fingerprint density at radius 2 is 1.95 bits per heavy atom. The Bertz CT molecular complexity index is 470. The molecule has 2 rings (SSSR count). The molecule has 1 N–H and O–H groups in total. The van der Waals surface area contributed by atoms with Gasteiger partial charge in [-0.3, -0.25) is 4.79 Å². The number of nitrogens with one attached hydrogen (secondary N) is 1. The van der Waals surface area contributed by atoms with Crippen molar-refractivity contribution >= 4 is 17.5 Å². The standard InChI is InChI=1S/C17H25ClN2O2/c1-20(2)16(13-7-9-14(18)10-8-13)11-19-17(21)12-22-15-5-3-4-6-15/h7-10,15-16H,3-6,11-12H2,1-2H3,(H,19,21)/t16-/m0/s1. The molecule has 122 valence electrons. The van der Waals surface area contributed by atoms with Crippen molar-refractivity contribution < 1.29 is 9.53 Å². The van der Waals surface area contributed by atoms with E-state index in [-0.39, 0.29) is 24.7 Å². The van der Waals surface area contributed by atoms with Gasteiger partial charge in [0.2, 0.25) is 5.91 Å². The van der Waals surface area contributed by atoms with E-state index in [1.807, 2.05) is 38.4 Å². The van der Waals surface area contributed by atoms with Gasteiger partial charge in [0.15, 0.2) is 0 Å². The molecule has 1 aliphatic carbocycles. The molecule has 1 fully saturated rings. The first kappa shape index (κ1) is 17.3. The number of carbonyl (C=O) groups excluding carboxylic acids is 1. The zero-order valence-electron chi connectivity index (χ0n) is 13.3. The van der Waals surface area contributed by atoms with Crippen LogP contribution in [0, 0.1) is 0 Å². The highest BCUT2D eigenvalue weighted by Crippen LogP contribution is 2.21. The van der Waals surface area contributed by atoms with Crippen LogP contribution in [-0.2, 0) is 9.53 Å². The molecule has 0 saturated heterocycles. The molecule has 0 spiro atoms. The molecular weight excluding hydrogens is 300 g/mol. The normalized spacial score (nSPS) is 16.9. The highest BCUT2D eigenvalue weighted by Gasteiger charge is 2.18. The van der Waals surface area contributed by atoms with Crippen LogP contribution in [0.4, 0.5) is 0 Å². The summed E-state index contributed by atoms with van der Waals surface area (Å²) in [5.41, 5.74) is 1.13. The Labute approximate surface area is 137 Å². The molecule has 1 saturated carbocycles. The highest BCUT2D eigenvalue weighted by molar-refractivity contribution is 6.30. The van der Waals surface area contributed by atoms with Gasteiger partial charge in [-0.2, -0.15) is 0 Å². The molecular formula is C17H25ClN2O2. The number of ether oxygens (including phenoxy) is 1. The van der Waals surface area contributed by atoms with Gasteiger partial charge >= 0.3 is 0 Å².